The van der Waals surface area contributed by atoms with E-state index >= 15 is 0 Å². The van der Waals surface area contributed by atoms with Gasteiger partial charge in [-0.2, -0.15) is 5.10 Å². The second kappa shape index (κ2) is 10.6. The molecule has 0 aliphatic heterocycles. The van der Waals surface area contributed by atoms with Gasteiger partial charge in [0.25, 0.3) is 5.91 Å². The Morgan fingerprint density at radius 3 is 2.32 bits per heavy atom. The number of anilines is 1. The molecule has 0 N–H and O–H groups in total. The lowest BCUT2D eigenvalue weighted by molar-refractivity contribution is 0.0971. The first-order chi connectivity index (χ1) is 14.3. The van der Waals surface area contributed by atoms with Crippen molar-refractivity contribution in [2.24, 2.45) is 0 Å². The normalized spacial score (nSPS) is 11.4. The summed E-state index contributed by atoms with van der Waals surface area (Å²) >= 11 is 1.60. The second-order valence-corrected chi connectivity index (χ2v) is 9.04. The van der Waals surface area contributed by atoms with Gasteiger partial charge in [-0.05, 0) is 64.9 Å². The fraction of sp³-hybridized carbons (Fsp3) is 0.522. The highest BCUT2D eigenvalue weighted by Crippen LogP contribution is 2.34. The molecule has 3 aromatic rings. The monoisotopic (exact) mass is 463 g/mol. The van der Waals surface area contributed by atoms with E-state index in [1.165, 1.54) is 5.56 Å². The molecule has 3 rings (SSSR count). The lowest BCUT2D eigenvalue weighted by Crippen LogP contribution is -2.39. The number of thiazole rings is 1. The first kappa shape index (κ1) is 25.3. The zero-order valence-electron chi connectivity index (χ0n) is 19.6. The third-order valence-electron chi connectivity index (χ3n) is 5.51. The van der Waals surface area contributed by atoms with Crippen LogP contribution in [0.25, 0.3) is 10.2 Å². The van der Waals surface area contributed by atoms with Gasteiger partial charge in [0.2, 0.25) is 0 Å². The number of aryl methyl sites for hydroxylation is 3. The Morgan fingerprint density at radius 2 is 1.74 bits per heavy atom. The zero-order chi connectivity index (χ0) is 22.0. The molecule has 0 unspecified atom stereocenters. The number of hydrogen-bond donors (Lipinski definition) is 0. The molecule has 8 heteroatoms. The number of benzene rings is 1. The van der Waals surface area contributed by atoms with Crippen molar-refractivity contribution in [2.75, 3.05) is 31.1 Å². The summed E-state index contributed by atoms with van der Waals surface area (Å²) in [4.78, 5) is 22.8. The molecule has 6 nitrogen and oxygen atoms in total. The number of likely N-dealkylation sites (N-methyl/N-ethyl adjacent to an activating group) is 1. The summed E-state index contributed by atoms with van der Waals surface area (Å²) in [6.07, 6.45) is 0. The van der Waals surface area contributed by atoms with Crippen LogP contribution in [0, 0.1) is 20.8 Å². The molecule has 0 aliphatic rings. The van der Waals surface area contributed by atoms with Crippen LogP contribution >= 0.6 is 23.7 Å². The van der Waals surface area contributed by atoms with E-state index in [1.807, 2.05) is 36.4 Å². The van der Waals surface area contributed by atoms with Gasteiger partial charge in [-0.15, -0.1) is 12.4 Å². The molecule has 0 saturated heterocycles. The number of rotatable bonds is 8. The van der Waals surface area contributed by atoms with Gasteiger partial charge in [0.1, 0.15) is 5.69 Å². The molecule has 0 radical (unpaired) electrons. The summed E-state index contributed by atoms with van der Waals surface area (Å²) < 4.78 is 2.98. The molecule has 0 bridgehead atoms. The van der Waals surface area contributed by atoms with Crippen molar-refractivity contribution in [1.82, 2.24) is 19.7 Å². The third-order valence-corrected chi connectivity index (χ3v) is 6.72. The highest BCUT2D eigenvalue weighted by atomic mass is 35.5. The molecular formula is C23H34ClN5OS. The van der Waals surface area contributed by atoms with E-state index in [2.05, 4.69) is 49.8 Å². The summed E-state index contributed by atoms with van der Waals surface area (Å²) in [5.41, 5.74) is 4.79. The van der Waals surface area contributed by atoms with E-state index in [9.17, 15) is 4.79 Å². The highest BCUT2D eigenvalue weighted by molar-refractivity contribution is 7.22. The Kier molecular flexibility index (Phi) is 8.63. The Balaban J connectivity index is 0.00000341. The number of carbonyl (C=O) groups is 1. The van der Waals surface area contributed by atoms with Gasteiger partial charge < -0.3 is 4.90 Å². The zero-order valence-corrected chi connectivity index (χ0v) is 21.2. The van der Waals surface area contributed by atoms with Gasteiger partial charge in [0.05, 0.1) is 15.9 Å². The van der Waals surface area contributed by atoms with Crippen molar-refractivity contribution in [3.8, 4) is 0 Å². The molecule has 170 valence electrons. The van der Waals surface area contributed by atoms with Gasteiger partial charge in [-0.1, -0.05) is 37.3 Å². The minimum Gasteiger partial charge on any atom is -0.302 e. The summed E-state index contributed by atoms with van der Waals surface area (Å²) in [7, 11) is 0. The van der Waals surface area contributed by atoms with E-state index in [1.54, 1.807) is 11.3 Å². The molecular weight excluding hydrogens is 430 g/mol. The molecule has 0 spiro atoms. The number of fused-ring (bicyclic) bond motifs is 1. The molecule has 0 saturated carbocycles. The summed E-state index contributed by atoms with van der Waals surface area (Å²) in [5.74, 6) is -0.0363. The maximum Gasteiger partial charge on any atom is 0.278 e. The number of aromatic nitrogens is 3. The molecule has 0 fully saturated rings. The quantitative estimate of drug-likeness (QED) is 0.448. The van der Waals surface area contributed by atoms with Crippen LogP contribution in [-0.4, -0.2) is 51.8 Å². The van der Waals surface area contributed by atoms with Crippen molar-refractivity contribution in [3.63, 3.8) is 0 Å². The predicted octanol–water partition coefficient (Wildman–Crippen LogP) is 5.41. The van der Waals surface area contributed by atoms with Crippen molar-refractivity contribution in [3.05, 3.63) is 40.7 Å². The Bertz CT molecular complexity index is 999. The Hall–Kier alpha value is -1.96. The number of amides is 1. The van der Waals surface area contributed by atoms with E-state index < -0.39 is 0 Å². The fourth-order valence-corrected chi connectivity index (χ4v) is 4.77. The standard InChI is InChI=1S/C23H33N5OS.ClH/c1-8-26(9-2)12-13-27(22(29)19-14-18(7)25-28(19)15(3)4)23-24-20-16(5)10-11-17(6)21(20)30-23;/h10-11,14-15H,8-9,12-13H2,1-7H3;1H. The highest BCUT2D eigenvalue weighted by Gasteiger charge is 2.26. The van der Waals surface area contributed by atoms with E-state index in [-0.39, 0.29) is 24.4 Å². The SMILES string of the molecule is CCN(CC)CCN(C(=O)c1cc(C)nn1C(C)C)c1nc2c(C)ccc(C)c2s1.Cl. The predicted molar refractivity (Wildman–Crippen MR) is 133 cm³/mol. The molecule has 0 aliphatic carbocycles. The lowest BCUT2D eigenvalue weighted by Gasteiger charge is -2.25. The van der Waals surface area contributed by atoms with Gasteiger partial charge in [-0.25, -0.2) is 4.98 Å². The number of hydrogen-bond acceptors (Lipinski definition) is 5. The van der Waals surface area contributed by atoms with Gasteiger partial charge in [0.15, 0.2) is 5.13 Å². The molecule has 2 heterocycles. The smallest absolute Gasteiger partial charge is 0.278 e. The molecule has 1 amide bonds. The number of nitrogens with zero attached hydrogens (tertiary/aromatic N) is 5. The average molecular weight is 464 g/mol. The van der Waals surface area contributed by atoms with Gasteiger partial charge >= 0.3 is 0 Å². The van der Waals surface area contributed by atoms with Gasteiger partial charge in [-0.3, -0.25) is 14.4 Å². The summed E-state index contributed by atoms with van der Waals surface area (Å²) in [5, 5.41) is 5.31. The van der Waals surface area contributed by atoms with Crippen LogP contribution in [0.4, 0.5) is 5.13 Å². The largest absolute Gasteiger partial charge is 0.302 e. The van der Waals surface area contributed by atoms with Crippen LogP contribution in [-0.2, 0) is 0 Å². The third kappa shape index (κ3) is 5.27. The lowest BCUT2D eigenvalue weighted by atomic mass is 10.1. The van der Waals surface area contributed by atoms with Crippen LogP contribution in [0.15, 0.2) is 18.2 Å². The maximum absolute atomic E-state index is 13.7. The van der Waals surface area contributed by atoms with Crippen molar-refractivity contribution >= 4 is 45.0 Å². The topological polar surface area (TPSA) is 54.3 Å². The minimum atomic E-state index is -0.0363. The molecule has 1 aromatic carbocycles. The van der Waals surface area contributed by atoms with Crippen LogP contribution in [0.1, 0.15) is 61.0 Å². The minimum absolute atomic E-state index is 0. The second-order valence-electron chi connectivity index (χ2n) is 8.07. The number of carbonyl (C=O) groups excluding carboxylic acids is 1. The summed E-state index contributed by atoms with van der Waals surface area (Å²) in [6.45, 7) is 17.8. The average Bonchev–Trinajstić information content (AvgIpc) is 3.33. The van der Waals surface area contributed by atoms with Crippen molar-refractivity contribution in [2.45, 2.75) is 54.5 Å². The van der Waals surface area contributed by atoms with Crippen molar-refractivity contribution in [1.29, 1.82) is 0 Å². The Labute approximate surface area is 195 Å². The van der Waals surface area contributed by atoms with Gasteiger partial charge in [0, 0.05) is 19.1 Å². The van der Waals surface area contributed by atoms with Crippen LogP contribution in [0.3, 0.4) is 0 Å². The van der Waals surface area contributed by atoms with Crippen molar-refractivity contribution < 1.29 is 4.79 Å². The Morgan fingerprint density at radius 1 is 1.10 bits per heavy atom. The molecule has 0 atom stereocenters. The first-order valence-electron chi connectivity index (χ1n) is 10.7. The summed E-state index contributed by atoms with van der Waals surface area (Å²) in [6, 6.07) is 6.22. The van der Waals surface area contributed by atoms with Crippen LogP contribution in [0.2, 0.25) is 0 Å². The van der Waals surface area contributed by atoms with E-state index in [4.69, 9.17) is 4.98 Å². The maximum atomic E-state index is 13.7. The van der Waals surface area contributed by atoms with E-state index in [0.29, 0.717) is 12.2 Å². The first-order valence-corrected chi connectivity index (χ1v) is 11.6. The molecule has 2 aromatic heterocycles. The van der Waals surface area contributed by atoms with E-state index in [0.717, 1.165) is 46.2 Å². The number of halogens is 1. The van der Waals surface area contributed by atoms with Crippen LogP contribution in [0.5, 0.6) is 0 Å². The van der Waals surface area contributed by atoms with Crippen LogP contribution < -0.4 is 4.90 Å². The molecule has 31 heavy (non-hydrogen) atoms. The fourth-order valence-electron chi connectivity index (χ4n) is 3.64.